The standard InChI is InChI=1S/C14H25N3/c1-10-7-13(10)16-14(15-2)17-8-11-5-3-4-6-12(11)9-17/h10-13H,3-9H2,1-2H3,(H,15,16). The first-order valence-electron chi connectivity index (χ1n) is 7.26. The van der Waals surface area contributed by atoms with E-state index >= 15 is 0 Å². The van der Waals surface area contributed by atoms with Gasteiger partial charge in [0, 0.05) is 26.2 Å². The van der Waals surface area contributed by atoms with E-state index in [1.807, 2.05) is 7.05 Å². The van der Waals surface area contributed by atoms with Gasteiger partial charge in [-0.2, -0.15) is 0 Å². The summed E-state index contributed by atoms with van der Waals surface area (Å²) in [5, 5.41) is 3.62. The molecule has 0 spiro atoms. The average molecular weight is 235 g/mol. The average Bonchev–Trinajstić information content (AvgIpc) is 2.89. The molecule has 3 heteroatoms. The molecule has 0 amide bonds. The summed E-state index contributed by atoms with van der Waals surface area (Å²) >= 11 is 0. The number of guanidine groups is 1. The van der Waals surface area contributed by atoms with Crippen LogP contribution in [-0.4, -0.2) is 37.0 Å². The van der Waals surface area contributed by atoms with Crippen LogP contribution in [0, 0.1) is 17.8 Å². The second-order valence-electron chi connectivity index (χ2n) is 6.22. The van der Waals surface area contributed by atoms with Gasteiger partial charge in [-0.25, -0.2) is 0 Å². The van der Waals surface area contributed by atoms with Crippen LogP contribution in [0.1, 0.15) is 39.0 Å². The number of fused-ring (bicyclic) bond motifs is 1. The number of hydrogen-bond acceptors (Lipinski definition) is 1. The van der Waals surface area contributed by atoms with Crippen LogP contribution >= 0.6 is 0 Å². The fraction of sp³-hybridized carbons (Fsp3) is 0.929. The molecule has 1 N–H and O–H groups in total. The maximum atomic E-state index is 4.47. The molecule has 3 fully saturated rings. The quantitative estimate of drug-likeness (QED) is 0.557. The highest BCUT2D eigenvalue weighted by molar-refractivity contribution is 5.80. The van der Waals surface area contributed by atoms with Crippen molar-refractivity contribution in [3.8, 4) is 0 Å². The Labute approximate surface area is 105 Å². The monoisotopic (exact) mass is 235 g/mol. The minimum atomic E-state index is 0.691. The van der Waals surface area contributed by atoms with Crippen molar-refractivity contribution in [2.24, 2.45) is 22.7 Å². The number of rotatable bonds is 1. The predicted octanol–water partition coefficient (Wildman–Crippen LogP) is 2.09. The van der Waals surface area contributed by atoms with Gasteiger partial charge in [-0.1, -0.05) is 19.8 Å². The molecule has 1 saturated heterocycles. The SMILES string of the molecule is CN=C(NC1CC1C)N1CC2CCCCC2C1. The highest BCUT2D eigenvalue weighted by Crippen LogP contribution is 2.36. The van der Waals surface area contributed by atoms with Crippen LogP contribution in [0.25, 0.3) is 0 Å². The molecular weight excluding hydrogens is 210 g/mol. The maximum absolute atomic E-state index is 4.47. The van der Waals surface area contributed by atoms with E-state index in [0.717, 1.165) is 23.7 Å². The zero-order valence-electron chi connectivity index (χ0n) is 11.2. The molecule has 1 aliphatic heterocycles. The van der Waals surface area contributed by atoms with Crippen LogP contribution in [0.3, 0.4) is 0 Å². The zero-order chi connectivity index (χ0) is 11.8. The van der Waals surface area contributed by atoms with Crippen molar-refractivity contribution >= 4 is 5.96 Å². The topological polar surface area (TPSA) is 27.6 Å². The van der Waals surface area contributed by atoms with Crippen LogP contribution in [0.5, 0.6) is 0 Å². The Morgan fingerprint density at radius 2 is 1.76 bits per heavy atom. The summed E-state index contributed by atoms with van der Waals surface area (Å²) in [5.41, 5.74) is 0. The van der Waals surface area contributed by atoms with Gasteiger partial charge in [-0.15, -0.1) is 0 Å². The summed E-state index contributed by atoms with van der Waals surface area (Å²) in [6.45, 7) is 4.80. The molecule has 3 aliphatic rings. The third-order valence-corrected chi connectivity index (χ3v) is 4.91. The predicted molar refractivity (Wildman–Crippen MR) is 71.1 cm³/mol. The van der Waals surface area contributed by atoms with Crippen LogP contribution in [0.2, 0.25) is 0 Å². The van der Waals surface area contributed by atoms with Gasteiger partial charge in [0.15, 0.2) is 5.96 Å². The van der Waals surface area contributed by atoms with E-state index in [1.54, 1.807) is 0 Å². The Balaban J connectivity index is 1.59. The summed E-state index contributed by atoms with van der Waals surface area (Å²) in [4.78, 5) is 6.98. The van der Waals surface area contributed by atoms with Gasteiger partial charge in [-0.3, -0.25) is 4.99 Å². The minimum Gasteiger partial charge on any atom is -0.353 e. The van der Waals surface area contributed by atoms with E-state index in [-0.39, 0.29) is 0 Å². The lowest BCUT2D eigenvalue weighted by atomic mass is 9.82. The van der Waals surface area contributed by atoms with E-state index in [1.165, 1.54) is 45.2 Å². The molecule has 0 radical (unpaired) electrons. The van der Waals surface area contributed by atoms with Crippen molar-refractivity contribution < 1.29 is 0 Å². The van der Waals surface area contributed by atoms with Gasteiger partial charge in [0.05, 0.1) is 0 Å². The lowest BCUT2D eigenvalue weighted by Crippen LogP contribution is -2.41. The van der Waals surface area contributed by atoms with Crippen molar-refractivity contribution in [1.82, 2.24) is 10.2 Å². The molecule has 1 heterocycles. The second kappa shape index (κ2) is 4.51. The number of aliphatic imine (C=N–C) groups is 1. The third-order valence-electron chi connectivity index (χ3n) is 4.91. The van der Waals surface area contributed by atoms with Crippen LogP contribution < -0.4 is 5.32 Å². The van der Waals surface area contributed by atoms with E-state index in [2.05, 4.69) is 22.1 Å². The van der Waals surface area contributed by atoms with E-state index in [4.69, 9.17) is 0 Å². The smallest absolute Gasteiger partial charge is 0.193 e. The van der Waals surface area contributed by atoms with Gasteiger partial charge >= 0.3 is 0 Å². The molecule has 96 valence electrons. The third kappa shape index (κ3) is 2.29. The lowest BCUT2D eigenvalue weighted by Gasteiger charge is -2.22. The molecule has 4 atom stereocenters. The van der Waals surface area contributed by atoms with E-state index in [0.29, 0.717) is 6.04 Å². The van der Waals surface area contributed by atoms with Gasteiger partial charge in [0.1, 0.15) is 0 Å². The Morgan fingerprint density at radius 1 is 1.18 bits per heavy atom. The number of nitrogens with one attached hydrogen (secondary N) is 1. The zero-order valence-corrected chi connectivity index (χ0v) is 11.2. The lowest BCUT2D eigenvalue weighted by molar-refractivity contribution is 0.299. The summed E-state index contributed by atoms with van der Waals surface area (Å²) in [6, 6.07) is 0.691. The first kappa shape index (κ1) is 11.4. The Hall–Kier alpha value is -0.730. The second-order valence-corrected chi connectivity index (χ2v) is 6.22. The van der Waals surface area contributed by atoms with Crippen LogP contribution in [-0.2, 0) is 0 Å². The molecule has 17 heavy (non-hydrogen) atoms. The van der Waals surface area contributed by atoms with Crippen LogP contribution in [0.4, 0.5) is 0 Å². The van der Waals surface area contributed by atoms with Crippen molar-refractivity contribution in [1.29, 1.82) is 0 Å². The molecule has 0 aromatic carbocycles. The van der Waals surface area contributed by atoms with Gasteiger partial charge in [-0.05, 0) is 37.0 Å². The number of hydrogen-bond donors (Lipinski definition) is 1. The van der Waals surface area contributed by atoms with Gasteiger partial charge < -0.3 is 10.2 Å². The number of likely N-dealkylation sites (tertiary alicyclic amines) is 1. The Kier molecular flexibility index (Phi) is 3.01. The molecule has 3 nitrogen and oxygen atoms in total. The molecule has 4 unspecified atom stereocenters. The van der Waals surface area contributed by atoms with E-state index < -0.39 is 0 Å². The fourth-order valence-electron chi connectivity index (χ4n) is 3.57. The van der Waals surface area contributed by atoms with Gasteiger partial charge in [0.25, 0.3) is 0 Å². The molecular formula is C14H25N3. The first-order chi connectivity index (χ1) is 8.28. The molecule has 0 aromatic rings. The molecule has 0 aromatic heterocycles. The summed E-state index contributed by atoms with van der Waals surface area (Å²) < 4.78 is 0. The summed E-state index contributed by atoms with van der Waals surface area (Å²) in [7, 11) is 1.93. The minimum absolute atomic E-state index is 0.691. The summed E-state index contributed by atoms with van der Waals surface area (Å²) in [6.07, 6.45) is 7.09. The van der Waals surface area contributed by atoms with Crippen molar-refractivity contribution in [3.05, 3.63) is 0 Å². The molecule has 2 saturated carbocycles. The first-order valence-corrected chi connectivity index (χ1v) is 7.26. The number of nitrogens with zero attached hydrogens (tertiary/aromatic N) is 2. The van der Waals surface area contributed by atoms with Gasteiger partial charge in [0.2, 0.25) is 0 Å². The Bertz CT molecular complexity index is 299. The van der Waals surface area contributed by atoms with E-state index in [9.17, 15) is 0 Å². The largest absolute Gasteiger partial charge is 0.353 e. The highest BCUT2D eigenvalue weighted by Gasteiger charge is 2.38. The Morgan fingerprint density at radius 3 is 2.24 bits per heavy atom. The molecule has 0 bridgehead atoms. The van der Waals surface area contributed by atoms with Crippen molar-refractivity contribution in [2.75, 3.05) is 20.1 Å². The maximum Gasteiger partial charge on any atom is 0.193 e. The fourth-order valence-corrected chi connectivity index (χ4v) is 3.57. The van der Waals surface area contributed by atoms with Crippen LogP contribution in [0.15, 0.2) is 4.99 Å². The molecule has 3 rings (SSSR count). The summed E-state index contributed by atoms with van der Waals surface area (Å²) in [5.74, 6) is 3.89. The normalized spacial score (nSPS) is 41.3. The van der Waals surface area contributed by atoms with Crippen molar-refractivity contribution in [3.63, 3.8) is 0 Å². The molecule has 2 aliphatic carbocycles. The highest BCUT2D eigenvalue weighted by atomic mass is 15.3. The van der Waals surface area contributed by atoms with Crippen molar-refractivity contribution in [2.45, 2.75) is 45.1 Å².